The summed E-state index contributed by atoms with van der Waals surface area (Å²) in [5.41, 5.74) is 1.27. The standard InChI is InChI=1S/C14H19IN2O/c15-13-5-3-12(4-6-13)11-16-8-7-14(18)17-9-1-2-10-17/h3-6,16H,1-2,7-11H2. The molecule has 1 aliphatic rings. The van der Waals surface area contributed by atoms with Gasteiger partial charge in [-0.15, -0.1) is 0 Å². The summed E-state index contributed by atoms with van der Waals surface area (Å²) in [6.45, 7) is 3.51. The fourth-order valence-corrected chi connectivity index (χ4v) is 2.51. The maximum Gasteiger partial charge on any atom is 0.223 e. The van der Waals surface area contributed by atoms with Crippen molar-refractivity contribution in [2.45, 2.75) is 25.8 Å². The highest BCUT2D eigenvalue weighted by Crippen LogP contribution is 2.09. The second-order valence-electron chi connectivity index (χ2n) is 4.64. The maximum absolute atomic E-state index is 11.8. The van der Waals surface area contributed by atoms with E-state index in [4.69, 9.17) is 0 Å². The summed E-state index contributed by atoms with van der Waals surface area (Å²) in [7, 11) is 0. The zero-order chi connectivity index (χ0) is 12.8. The van der Waals surface area contributed by atoms with Gasteiger partial charge in [0.25, 0.3) is 0 Å². The van der Waals surface area contributed by atoms with Crippen LogP contribution in [0.1, 0.15) is 24.8 Å². The highest BCUT2D eigenvalue weighted by Gasteiger charge is 2.16. The number of carbonyl (C=O) groups excluding carboxylic acids is 1. The van der Waals surface area contributed by atoms with E-state index in [0.717, 1.165) is 26.2 Å². The number of benzene rings is 1. The molecule has 1 aromatic carbocycles. The molecule has 0 spiro atoms. The van der Waals surface area contributed by atoms with Crippen LogP contribution in [0.5, 0.6) is 0 Å². The highest BCUT2D eigenvalue weighted by atomic mass is 127. The number of nitrogens with zero attached hydrogens (tertiary/aromatic N) is 1. The molecular formula is C14H19IN2O. The van der Waals surface area contributed by atoms with Crippen molar-refractivity contribution in [2.75, 3.05) is 19.6 Å². The number of rotatable bonds is 5. The average molecular weight is 358 g/mol. The van der Waals surface area contributed by atoms with E-state index < -0.39 is 0 Å². The van der Waals surface area contributed by atoms with E-state index in [9.17, 15) is 4.79 Å². The van der Waals surface area contributed by atoms with Crippen molar-refractivity contribution < 1.29 is 4.79 Å². The molecule has 0 aliphatic carbocycles. The molecule has 1 fully saturated rings. The molecule has 1 saturated heterocycles. The third-order valence-electron chi connectivity index (χ3n) is 3.22. The normalized spacial score (nSPS) is 15.1. The fraction of sp³-hybridized carbons (Fsp3) is 0.500. The summed E-state index contributed by atoms with van der Waals surface area (Å²) in [4.78, 5) is 13.8. The number of amides is 1. The number of nitrogens with one attached hydrogen (secondary N) is 1. The lowest BCUT2D eigenvalue weighted by Crippen LogP contribution is -2.30. The number of hydrogen-bond acceptors (Lipinski definition) is 2. The Morgan fingerprint density at radius 1 is 1.22 bits per heavy atom. The van der Waals surface area contributed by atoms with E-state index in [1.165, 1.54) is 22.0 Å². The molecule has 0 radical (unpaired) electrons. The molecule has 18 heavy (non-hydrogen) atoms. The Morgan fingerprint density at radius 3 is 2.56 bits per heavy atom. The highest BCUT2D eigenvalue weighted by molar-refractivity contribution is 14.1. The fourth-order valence-electron chi connectivity index (χ4n) is 2.15. The Kier molecular flexibility index (Phi) is 5.44. The van der Waals surface area contributed by atoms with Gasteiger partial charge in [-0.25, -0.2) is 0 Å². The van der Waals surface area contributed by atoms with Crippen molar-refractivity contribution in [1.29, 1.82) is 0 Å². The lowest BCUT2D eigenvalue weighted by molar-refractivity contribution is -0.130. The summed E-state index contributed by atoms with van der Waals surface area (Å²) in [6, 6.07) is 8.45. The van der Waals surface area contributed by atoms with Gasteiger partial charge in [0.05, 0.1) is 0 Å². The number of carbonyl (C=O) groups is 1. The first-order valence-electron chi connectivity index (χ1n) is 6.48. The van der Waals surface area contributed by atoms with Crippen molar-refractivity contribution in [3.63, 3.8) is 0 Å². The van der Waals surface area contributed by atoms with Gasteiger partial charge in [0.15, 0.2) is 0 Å². The summed E-state index contributed by atoms with van der Waals surface area (Å²) in [6.07, 6.45) is 2.95. The van der Waals surface area contributed by atoms with Gasteiger partial charge in [-0.3, -0.25) is 4.79 Å². The first-order chi connectivity index (χ1) is 8.75. The molecule has 1 amide bonds. The van der Waals surface area contributed by atoms with Crippen molar-refractivity contribution >= 4 is 28.5 Å². The second-order valence-corrected chi connectivity index (χ2v) is 5.89. The summed E-state index contributed by atoms with van der Waals surface area (Å²) >= 11 is 2.30. The number of hydrogen-bond donors (Lipinski definition) is 1. The van der Waals surface area contributed by atoms with Crippen molar-refractivity contribution in [2.24, 2.45) is 0 Å². The Morgan fingerprint density at radius 2 is 1.89 bits per heavy atom. The van der Waals surface area contributed by atoms with Crippen LogP contribution in [0.2, 0.25) is 0 Å². The Balaban J connectivity index is 1.63. The van der Waals surface area contributed by atoms with E-state index in [1.54, 1.807) is 0 Å². The molecule has 2 rings (SSSR count). The average Bonchev–Trinajstić information content (AvgIpc) is 2.90. The molecule has 0 saturated carbocycles. The SMILES string of the molecule is O=C(CCNCc1ccc(I)cc1)N1CCCC1. The van der Waals surface area contributed by atoms with Crippen LogP contribution in [0.4, 0.5) is 0 Å². The first-order valence-corrected chi connectivity index (χ1v) is 7.56. The van der Waals surface area contributed by atoms with Crippen molar-refractivity contribution in [1.82, 2.24) is 10.2 Å². The van der Waals surface area contributed by atoms with Crippen LogP contribution in [-0.2, 0) is 11.3 Å². The number of halogens is 1. The Hall–Kier alpha value is -0.620. The predicted octanol–water partition coefficient (Wildman–Crippen LogP) is 2.39. The van der Waals surface area contributed by atoms with Gasteiger partial charge in [-0.05, 0) is 53.1 Å². The van der Waals surface area contributed by atoms with Gasteiger partial charge in [0, 0.05) is 36.2 Å². The van der Waals surface area contributed by atoms with E-state index in [0.29, 0.717) is 12.3 Å². The van der Waals surface area contributed by atoms with Gasteiger partial charge >= 0.3 is 0 Å². The molecule has 0 atom stereocenters. The molecular weight excluding hydrogens is 339 g/mol. The van der Waals surface area contributed by atoms with Crippen LogP contribution in [0.15, 0.2) is 24.3 Å². The second kappa shape index (κ2) is 7.09. The largest absolute Gasteiger partial charge is 0.343 e. The zero-order valence-electron chi connectivity index (χ0n) is 10.5. The lowest BCUT2D eigenvalue weighted by atomic mass is 10.2. The first kappa shape index (κ1) is 13.8. The van der Waals surface area contributed by atoms with Gasteiger partial charge in [0.2, 0.25) is 5.91 Å². The van der Waals surface area contributed by atoms with Crippen LogP contribution in [0.3, 0.4) is 0 Å². The third kappa shape index (κ3) is 4.24. The number of likely N-dealkylation sites (tertiary alicyclic amines) is 1. The van der Waals surface area contributed by atoms with Crippen LogP contribution in [0, 0.1) is 3.57 Å². The van der Waals surface area contributed by atoms with Crippen molar-refractivity contribution in [3.8, 4) is 0 Å². The smallest absolute Gasteiger partial charge is 0.223 e. The minimum atomic E-state index is 0.294. The van der Waals surface area contributed by atoms with E-state index in [-0.39, 0.29) is 0 Å². The van der Waals surface area contributed by atoms with Crippen LogP contribution < -0.4 is 5.32 Å². The molecule has 98 valence electrons. The minimum Gasteiger partial charge on any atom is -0.343 e. The summed E-state index contributed by atoms with van der Waals surface area (Å²) in [5.74, 6) is 0.294. The quantitative estimate of drug-likeness (QED) is 0.648. The molecule has 4 heteroatoms. The maximum atomic E-state index is 11.8. The summed E-state index contributed by atoms with van der Waals surface area (Å²) < 4.78 is 1.25. The molecule has 0 unspecified atom stereocenters. The Labute approximate surface area is 122 Å². The Bertz CT molecular complexity index is 385. The van der Waals surface area contributed by atoms with Crippen LogP contribution >= 0.6 is 22.6 Å². The topological polar surface area (TPSA) is 32.3 Å². The van der Waals surface area contributed by atoms with E-state index in [2.05, 4.69) is 52.2 Å². The molecule has 0 bridgehead atoms. The molecule has 3 nitrogen and oxygen atoms in total. The third-order valence-corrected chi connectivity index (χ3v) is 3.94. The van der Waals surface area contributed by atoms with E-state index >= 15 is 0 Å². The molecule has 1 aliphatic heterocycles. The lowest BCUT2D eigenvalue weighted by Gasteiger charge is -2.15. The summed E-state index contributed by atoms with van der Waals surface area (Å²) in [5, 5.41) is 3.33. The predicted molar refractivity (Wildman–Crippen MR) is 81.3 cm³/mol. The van der Waals surface area contributed by atoms with Gasteiger partial charge in [-0.2, -0.15) is 0 Å². The molecule has 1 heterocycles. The van der Waals surface area contributed by atoms with E-state index in [1.807, 2.05) is 4.90 Å². The van der Waals surface area contributed by atoms with Crippen LogP contribution in [0.25, 0.3) is 0 Å². The van der Waals surface area contributed by atoms with Crippen LogP contribution in [-0.4, -0.2) is 30.4 Å². The molecule has 1 N–H and O–H groups in total. The van der Waals surface area contributed by atoms with Crippen molar-refractivity contribution in [3.05, 3.63) is 33.4 Å². The van der Waals surface area contributed by atoms with Gasteiger partial charge < -0.3 is 10.2 Å². The van der Waals surface area contributed by atoms with Gasteiger partial charge in [0.1, 0.15) is 0 Å². The minimum absolute atomic E-state index is 0.294. The zero-order valence-corrected chi connectivity index (χ0v) is 12.7. The molecule has 0 aromatic heterocycles. The van der Waals surface area contributed by atoms with Gasteiger partial charge in [-0.1, -0.05) is 12.1 Å². The monoisotopic (exact) mass is 358 g/mol. The molecule has 1 aromatic rings.